The smallest absolute Gasteiger partial charge is 0.407 e. The molecule has 0 bridgehead atoms. The van der Waals surface area contributed by atoms with E-state index >= 15 is 0 Å². The minimum absolute atomic E-state index is 0.0510. The summed E-state index contributed by atoms with van der Waals surface area (Å²) in [6.45, 7) is 6.18. The molecule has 0 aliphatic carbocycles. The lowest BCUT2D eigenvalue weighted by Gasteiger charge is -2.19. The van der Waals surface area contributed by atoms with Gasteiger partial charge in [-0.05, 0) is 38.8 Å². The van der Waals surface area contributed by atoms with Crippen molar-refractivity contribution >= 4 is 23.7 Å². The predicted molar refractivity (Wildman–Crippen MR) is 81.2 cm³/mol. The van der Waals surface area contributed by atoms with E-state index in [1.807, 2.05) is 0 Å². The molecule has 1 rings (SSSR count). The number of ether oxygens (including phenoxy) is 1. The van der Waals surface area contributed by atoms with Crippen molar-refractivity contribution in [1.29, 1.82) is 0 Å². The van der Waals surface area contributed by atoms with Crippen molar-refractivity contribution < 1.29 is 14.5 Å². The Bertz CT molecular complexity index is 502. The van der Waals surface area contributed by atoms with E-state index in [2.05, 4.69) is 10.0 Å². The van der Waals surface area contributed by atoms with Crippen molar-refractivity contribution in [3.63, 3.8) is 0 Å². The molecule has 8 heteroatoms. The Balaban J connectivity index is 2.29. The standard InChI is InChI=1S/C13H19N3O4S/c1-13(2,3)20-12(17)14-8-9-15-21-11-7-5-4-6-10(11)16(18)19/h4-7,15H,8-9H2,1-3H3,(H,14,17). The number of benzene rings is 1. The van der Waals surface area contributed by atoms with Crippen LogP contribution in [0.3, 0.4) is 0 Å². The van der Waals surface area contributed by atoms with Crippen LogP contribution < -0.4 is 10.0 Å². The minimum Gasteiger partial charge on any atom is -0.444 e. The summed E-state index contributed by atoms with van der Waals surface area (Å²) < 4.78 is 8.04. The largest absolute Gasteiger partial charge is 0.444 e. The zero-order chi connectivity index (χ0) is 15.9. The summed E-state index contributed by atoms with van der Waals surface area (Å²) in [6.07, 6.45) is -0.486. The van der Waals surface area contributed by atoms with Gasteiger partial charge < -0.3 is 10.1 Å². The maximum atomic E-state index is 11.4. The highest BCUT2D eigenvalue weighted by atomic mass is 32.2. The molecule has 0 unspecified atom stereocenters. The van der Waals surface area contributed by atoms with Crippen LogP contribution >= 0.6 is 11.9 Å². The summed E-state index contributed by atoms with van der Waals surface area (Å²) in [7, 11) is 0. The van der Waals surface area contributed by atoms with Crippen molar-refractivity contribution in [2.45, 2.75) is 31.3 Å². The maximum absolute atomic E-state index is 11.4. The summed E-state index contributed by atoms with van der Waals surface area (Å²) in [5, 5.41) is 13.4. The monoisotopic (exact) mass is 313 g/mol. The van der Waals surface area contributed by atoms with Gasteiger partial charge in [0.2, 0.25) is 0 Å². The molecule has 1 amide bonds. The first kappa shape index (κ1) is 17.3. The van der Waals surface area contributed by atoms with Crippen molar-refractivity contribution in [3.8, 4) is 0 Å². The molecule has 116 valence electrons. The van der Waals surface area contributed by atoms with Gasteiger partial charge in [0.1, 0.15) is 10.5 Å². The molecule has 1 aromatic carbocycles. The van der Waals surface area contributed by atoms with Crippen molar-refractivity contribution in [2.24, 2.45) is 0 Å². The highest BCUT2D eigenvalue weighted by Gasteiger charge is 2.15. The van der Waals surface area contributed by atoms with E-state index < -0.39 is 16.6 Å². The van der Waals surface area contributed by atoms with E-state index in [1.54, 1.807) is 39.0 Å². The Morgan fingerprint density at radius 2 is 2.00 bits per heavy atom. The number of rotatable bonds is 6. The first-order valence-corrected chi connectivity index (χ1v) is 7.21. The number of amides is 1. The quantitative estimate of drug-likeness (QED) is 0.363. The highest BCUT2D eigenvalue weighted by Crippen LogP contribution is 2.26. The lowest BCUT2D eigenvalue weighted by molar-refractivity contribution is -0.387. The Labute approximate surface area is 127 Å². The Morgan fingerprint density at radius 3 is 2.62 bits per heavy atom. The van der Waals surface area contributed by atoms with Crippen LogP contribution in [0.5, 0.6) is 0 Å². The molecular weight excluding hydrogens is 294 g/mol. The third kappa shape index (κ3) is 6.96. The summed E-state index contributed by atoms with van der Waals surface area (Å²) >= 11 is 1.16. The number of para-hydroxylation sites is 1. The van der Waals surface area contributed by atoms with Gasteiger partial charge in [-0.25, -0.2) is 4.79 Å². The maximum Gasteiger partial charge on any atom is 0.407 e. The fraction of sp³-hybridized carbons (Fsp3) is 0.462. The second-order valence-electron chi connectivity index (χ2n) is 5.15. The van der Waals surface area contributed by atoms with Crippen LogP contribution in [0.15, 0.2) is 29.2 Å². The zero-order valence-electron chi connectivity index (χ0n) is 12.2. The Morgan fingerprint density at radius 1 is 1.33 bits per heavy atom. The third-order valence-corrected chi connectivity index (χ3v) is 3.05. The van der Waals surface area contributed by atoms with Crippen LogP contribution in [0.1, 0.15) is 20.8 Å². The molecule has 0 saturated carbocycles. The lowest BCUT2D eigenvalue weighted by atomic mass is 10.2. The molecule has 0 saturated heterocycles. The number of hydrogen-bond acceptors (Lipinski definition) is 6. The van der Waals surface area contributed by atoms with E-state index in [9.17, 15) is 14.9 Å². The van der Waals surface area contributed by atoms with Gasteiger partial charge in [-0.1, -0.05) is 12.1 Å². The highest BCUT2D eigenvalue weighted by molar-refractivity contribution is 7.97. The Kier molecular flexibility index (Phi) is 6.44. The van der Waals surface area contributed by atoms with E-state index in [1.165, 1.54) is 6.07 Å². The fourth-order valence-electron chi connectivity index (χ4n) is 1.35. The van der Waals surface area contributed by atoms with Crippen molar-refractivity contribution in [1.82, 2.24) is 10.0 Å². The van der Waals surface area contributed by atoms with Crippen LogP contribution in [-0.2, 0) is 4.74 Å². The third-order valence-electron chi connectivity index (χ3n) is 2.14. The summed E-state index contributed by atoms with van der Waals surface area (Å²) in [5.41, 5.74) is -0.480. The molecule has 0 aliphatic heterocycles. The number of nitrogens with one attached hydrogen (secondary N) is 2. The number of hydrogen-bond donors (Lipinski definition) is 2. The van der Waals surface area contributed by atoms with Crippen LogP contribution in [0.4, 0.5) is 10.5 Å². The Hall–Kier alpha value is -1.80. The van der Waals surface area contributed by atoms with E-state index in [4.69, 9.17) is 4.74 Å². The van der Waals surface area contributed by atoms with Gasteiger partial charge in [0.25, 0.3) is 5.69 Å². The predicted octanol–water partition coefficient (Wildman–Crippen LogP) is 2.72. The second-order valence-corrected chi connectivity index (χ2v) is 6.08. The van der Waals surface area contributed by atoms with Gasteiger partial charge in [0.05, 0.1) is 4.92 Å². The van der Waals surface area contributed by atoms with Crippen molar-refractivity contribution in [3.05, 3.63) is 34.4 Å². The molecule has 21 heavy (non-hydrogen) atoms. The van der Waals surface area contributed by atoms with Gasteiger partial charge >= 0.3 is 6.09 Å². The van der Waals surface area contributed by atoms with Gasteiger partial charge in [-0.2, -0.15) is 0 Å². The second kappa shape index (κ2) is 7.84. The van der Waals surface area contributed by atoms with Crippen molar-refractivity contribution in [2.75, 3.05) is 13.1 Å². The summed E-state index contributed by atoms with van der Waals surface area (Å²) in [4.78, 5) is 22.3. The molecule has 0 heterocycles. The number of alkyl carbamates (subject to hydrolysis) is 1. The average Bonchev–Trinajstić information content (AvgIpc) is 2.36. The molecule has 0 spiro atoms. The molecule has 0 aromatic heterocycles. The molecule has 1 aromatic rings. The molecule has 0 radical (unpaired) electrons. The topological polar surface area (TPSA) is 93.5 Å². The van der Waals surface area contributed by atoms with Crippen LogP contribution in [0.2, 0.25) is 0 Å². The molecule has 7 nitrogen and oxygen atoms in total. The van der Waals surface area contributed by atoms with Crippen LogP contribution in [-0.4, -0.2) is 29.7 Å². The first-order valence-electron chi connectivity index (χ1n) is 6.39. The van der Waals surface area contributed by atoms with E-state index in [0.717, 1.165) is 11.9 Å². The number of carbonyl (C=O) groups is 1. The van der Waals surface area contributed by atoms with Gasteiger partial charge in [0, 0.05) is 19.2 Å². The van der Waals surface area contributed by atoms with Crippen LogP contribution in [0, 0.1) is 10.1 Å². The number of nitro benzene ring substituents is 1. The normalized spacial score (nSPS) is 11.0. The molecular formula is C13H19N3O4S. The first-order chi connectivity index (χ1) is 9.79. The van der Waals surface area contributed by atoms with Gasteiger partial charge in [0.15, 0.2) is 0 Å². The molecule has 0 fully saturated rings. The zero-order valence-corrected chi connectivity index (χ0v) is 13.0. The molecule has 0 atom stereocenters. The minimum atomic E-state index is -0.531. The number of nitro groups is 1. The summed E-state index contributed by atoms with van der Waals surface area (Å²) in [6, 6.07) is 6.46. The number of carbonyl (C=O) groups excluding carboxylic acids is 1. The lowest BCUT2D eigenvalue weighted by Crippen LogP contribution is -2.35. The van der Waals surface area contributed by atoms with Gasteiger partial charge in [-0.3, -0.25) is 14.8 Å². The average molecular weight is 313 g/mol. The van der Waals surface area contributed by atoms with Crippen LogP contribution in [0.25, 0.3) is 0 Å². The SMILES string of the molecule is CC(C)(C)OC(=O)NCCNSc1ccccc1[N+](=O)[O-]. The van der Waals surface area contributed by atoms with E-state index in [0.29, 0.717) is 18.0 Å². The number of nitrogens with zero attached hydrogens (tertiary/aromatic N) is 1. The van der Waals surface area contributed by atoms with E-state index in [-0.39, 0.29) is 5.69 Å². The fourth-order valence-corrected chi connectivity index (χ4v) is 2.11. The van der Waals surface area contributed by atoms with Gasteiger partial charge in [-0.15, -0.1) is 0 Å². The molecule has 2 N–H and O–H groups in total. The molecule has 0 aliphatic rings. The summed E-state index contributed by atoms with van der Waals surface area (Å²) in [5.74, 6) is 0.